The molecule has 0 saturated carbocycles. The van der Waals surface area contributed by atoms with E-state index >= 15 is 0 Å². The van der Waals surface area contributed by atoms with Crippen LogP contribution in [-0.2, 0) is 18.8 Å². The Morgan fingerprint density at radius 3 is 1.81 bits per heavy atom. The second-order valence-electron chi connectivity index (χ2n) is 8.56. The molecule has 2 fully saturated rings. The fourth-order valence-electron chi connectivity index (χ4n) is 4.40. The molecule has 192 valence electrons. The Labute approximate surface area is 209 Å². The molecule has 1 unspecified atom stereocenters. The summed E-state index contributed by atoms with van der Waals surface area (Å²) in [6.07, 6.45) is 2.72. The molecule has 1 N–H and O–H groups in total. The number of esters is 2. The van der Waals surface area contributed by atoms with Crippen LogP contribution in [0.15, 0.2) is 48.5 Å². The summed E-state index contributed by atoms with van der Waals surface area (Å²) < 4.78 is 35.8. The van der Waals surface area contributed by atoms with Crippen molar-refractivity contribution >= 4 is 25.4 Å². The van der Waals surface area contributed by atoms with Gasteiger partial charge in [0.15, 0.2) is 5.78 Å². The van der Waals surface area contributed by atoms with E-state index in [4.69, 9.17) is 18.5 Å². The number of nitrogens with zero attached hydrogens (tertiary/aromatic N) is 1. The minimum Gasteiger partial charge on any atom is -0.465 e. The lowest BCUT2D eigenvalue weighted by molar-refractivity contribution is -0.132. The van der Waals surface area contributed by atoms with E-state index in [-0.39, 0.29) is 23.4 Å². The van der Waals surface area contributed by atoms with Crippen LogP contribution in [0.3, 0.4) is 0 Å². The van der Waals surface area contributed by atoms with Gasteiger partial charge < -0.3 is 28.7 Å². The number of likely N-dealkylation sites (tertiary alicyclic amines) is 1. The molecule has 0 spiro atoms. The fourth-order valence-corrected chi connectivity index (χ4v) is 6.59. The largest absolute Gasteiger partial charge is 0.465 e. The monoisotopic (exact) mass is 516 g/mol. The van der Waals surface area contributed by atoms with Gasteiger partial charge in [-0.1, -0.05) is 0 Å². The molecule has 10 nitrogen and oxygen atoms in total. The van der Waals surface area contributed by atoms with Gasteiger partial charge in [0.25, 0.3) is 0 Å². The molecule has 11 heteroatoms. The molecule has 0 radical (unpaired) electrons. The molecular weight excluding hydrogens is 487 g/mol. The first-order valence-corrected chi connectivity index (χ1v) is 13.4. The van der Waals surface area contributed by atoms with Gasteiger partial charge in [-0.3, -0.25) is 4.79 Å². The van der Waals surface area contributed by atoms with Crippen LogP contribution in [0, 0.1) is 0 Å². The van der Waals surface area contributed by atoms with Crippen LogP contribution in [-0.4, -0.2) is 61.9 Å². The van der Waals surface area contributed by atoms with E-state index in [0.29, 0.717) is 30.5 Å². The number of methoxy groups -OCH3 is 2. The van der Waals surface area contributed by atoms with Crippen molar-refractivity contribution in [2.75, 3.05) is 27.3 Å². The highest BCUT2D eigenvalue weighted by atomic mass is 31.2. The maximum absolute atomic E-state index is 14.4. The van der Waals surface area contributed by atoms with Crippen LogP contribution in [0.4, 0.5) is 0 Å². The molecule has 2 atom stereocenters. The number of carbonyl (C=O) groups excluding carboxylic acids is 3. The van der Waals surface area contributed by atoms with Gasteiger partial charge in [-0.15, -0.1) is 0 Å². The van der Waals surface area contributed by atoms with Crippen LogP contribution in [0.2, 0.25) is 0 Å². The van der Waals surface area contributed by atoms with E-state index in [9.17, 15) is 18.9 Å². The number of carbonyl (C=O) groups is 3. The van der Waals surface area contributed by atoms with Crippen molar-refractivity contribution in [1.29, 1.82) is 0 Å². The molecule has 1 amide bonds. The van der Waals surface area contributed by atoms with E-state index in [1.807, 2.05) is 0 Å². The second kappa shape index (κ2) is 11.1. The van der Waals surface area contributed by atoms with Crippen molar-refractivity contribution in [3.63, 3.8) is 0 Å². The predicted octanol–water partition coefficient (Wildman–Crippen LogP) is 3.61. The first kappa shape index (κ1) is 25.7. The highest BCUT2D eigenvalue weighted by Gasteiger charge is 2.49. The van der Waals surface area contributed by atoms with Crippen LogP contribution in [0.25, 0.3) is 0 Å². The van der Waals surface area contributed by atoms with E-state index in [0.717, 1.165) is 19.4 Å². The van der Waals surface area contributed by atoms with Gasteiger partial charge >= 0.3 is 19.5 Å². The summed E-state index contributed by atoms with van der Waals surface area (Å²) in [7, 11) is -1.44. The zero-order valence-corrected chi connectivity index (χ0v) is 21.1. The average molecular weight is 516 g/mol. The minimum absolute atomic E-state index is 0.121. The number of amides is 1. The molecule has 2 aromatic rings. The van der Waals surface area contributed by atoms with Crippen LogP contribution < -0.4 is 14.4 Å². The molecule has 2 heterocycles. The maximum atomic E-state index is 14.4. The minimum atomic E-state index is -4.01. The predicted molar refractivity (Wildman–Crippen MR) is 130 cm³/mol. The van der Waals surface area contributed by atoms with Crippen LogP contribution in [0.5, 0.6) is 11.5 Å². The smallest absolute Gasteiger partial charge is 0.453 e. The highest BCUT2D eigenvalue weighted by molar-refractivity contribution is 7.55. The zero-order valence-electron chi connectivity index (χ0n) is 20.2. The van der Waals surface area contributed by atoms with E-state index in [1.165, 1.54) is 62.8 Å². The fraction of sp³-hybridized carbons (Fsp3) is 0.400. The van der Waals surface area contributed by atoms with Crippen molar-refractivity contribution in [2.45, 2.75) is 37.5 Å². The number of ether oxygens (including phenoxy) is 2. The summed E-state index contributed by atoms with van der Waals surface area (Å²) in [6.45, 7) is 1.21. The number of rotatable bonds is 8. The van der Waals surface area contributed by atoms with Gasteiger partial charge in [0.05, 0.1) is 31.4 Å². The molecular formula is C25H29N2O8P. The van der Waals surface area contributed by atoms with Crippen molar-refractivity contribution in [3.8, 4) is 11.5 Å². The van der Waals surface area contributed by atoms with Crippen LogP contribution >= 0.6 is 7.60 Å². The summed E-state index contributed by atoms with van der Waals surface area (Å²) in [5.74, 6) is -1.50. The lowest BCUT2D eigenvalue weighted by atomic mass is 10.2. The van der Waals surface area contributed by atoms with Crippen molar-refractivity contribution < 1.29 is 37.5 Å². The highest BCUT2D eigenvalue weighted by Crippen LogP contribution is 2.57. The van der Waals surface area contributed by atoms with E-state index in [1.54, 1.807) is 4.90 Å². The Hall–Kier alpha value is -3.36. The molecule has 2 aliphatic heterocycles. The van der Waals surface area contributed by atoms with Gasteiger partial charge in [0, 0.05) is 6.54 Å². The third-order valence-corrected chi connectivity index (χ3v) is 8.44. The molecule has 4 rings (SSSR count). The van der Waals surface area contributed by atoms with Gasteiger partial charge in [0.2, 0.25) is 5.91 Å². The molecule has 36 heavy (non-hydrogen) atoms. The van der Waals surface area contributed by atoms with Crippen molar-refractivity contribution in [3.05, 3.63) is 59.7 Å². The molecule has 0 aromatic heterocycles. The first-order valence-electron chi connectivity index (χ1n) is 11.7. The third kappa shape index (κ3) is 5.55. The Balaban J connectivity index is 1.63. The third-order valence-electron chi connectivity index (χ3n) is 6.24. The van der Waals surface area contributed by atoms with Gasteiger partial charge in [-0.05, 0) is 80.8 Å². The molecule has 2 saturated heterocycles. The number of hydrogen-bond acceptors (Lipinski definition) is 9. The Morgan fingerprint density at radius 1 is 0.833 bits per heavy atom. The lowest BCUT2D eigenvalue weighted by Crippen LogP contribution is -2.46. The van der Waals surface area contributed by atoms with E-state index in [2.05, 4.69) is 5.32 Å². The number of nitrogens with one attached hydrogen (secondary N) is 1. The Bertz CT molecular complexity index is 1080. The Morgan fingerprint density at radius 2 is 1.36 bits per heavy atom. The Kier molecular flexibility index (Phi) is 7.96. The molecule has 0 aliphatic carbocycles. The summed E-state index contributed by atoms with van der Waals surface area (Å²) in [5, 5.41) is 3.20. The normalized spacial score (nSPS) is 19.6. The standard InChI is InChI=1S/C25H29N2O8P/c1-32-24(29)17-7-11-19(12-8-17)34-36(31,35-20-13-9-18(10-14-20)25(30)33-2)22-6-4-16-27(22)23(28)21-5-3-15-26-21/h7-14,21-22,26H,3-6,15-16H2,1-2H3/t21-,22?/m0/s1. The maximum Gasteiger partial charge on any atom is 0.453 e. The lowest BCUT2D eigenvalue weighted by Gasteiger charge is -2.32. The van der Waals surface area contributed by atoms with Crippen molar-refractivity contribution in [2.24, 2.45) is 0 Å². The second-order valence-corrected chi connectivity index (χ2v) is 10.6. The molecule has 0 bridgehead atoms. The number of hydrogen-bond donors (Lipinski definition) is 1. The van der Waals surface area contributed by atoms with Gasteiger partial charge in [0.1, 0.15) is 11.5 Å². The summed E-state index contributed by atoms with van der Waals surface area (Å²) in [4.78, 5) is 38.4. The zero-order chi connectivity index (χ0) is 25.7. The van der Waals surface area contributed by atoms with Crippen molar-refractivity contribution in [1.82, 2.24) is 10.2 Å². The average Bonchev–Trinajstić information content (AvgIpc) is 3.61. The van der Waals surface area contributed by atoms with Gasteiger partial charge in [-0.25, -0.2) is 14.2 Å². The SMILES string of the molecule is COC(=O)c1ccc(OP(=O)(Oc2ccc(C(=O)OC)cc2)C2CCCN2C(=O)[C@@H]2CCCN2)cc1. The summed E-state index contributed by atoms with van der Waals surface area (Å²) >= 11 is 0. The summed E-state index contributed by atoms with van der Waals surface area (Å²) in [5.41, 5.74) is 0.618. The molecule has 2 aromatic carbocycles. The van der Waals surface area contributed by atoms with Crippen LogP contribution in [0.1, 0.15) is 46.4 Å². The van der Waals surface area contributed by atoms with E-state index < -0.39 is 25.3 Å². The summed E-state index contributed by atoms with van der Waals surface area (Å²) in [6, 6.07) is 11.7. The quantitative estimate of drug-likeness (QED) is 0.414. The van der Waals surface area contributed by atoms with Gasteiger partial charge in [-0.2, -0.15) is 0 Å². The number of benzene rings is 2. The molecule has 2 aliphatic rings. The topological polar surface area (TPSA) is 120 Å². The first-order chi connectivity index (χ1) is 17.3.